The number of likely N-dealkylation sites (tertiary alicyclic amines) is 2. The van der Waals surface area contributed by atoms with E-state index in [4.69, 9.17) is 9.15 Å². The van der Waals surface area contributed by atoms with Crippen LogP contribution < -0.4 is 4.74 Å². The Bertz CT molecular complexity index is 695. The van der Waals surface area contributed by atoms with Crippen molar-refractivity contribution >= 4 is 11.0 Å². The molecule has 4 heteroatoms. The number of furan rings is 1. The summed E-state index contributed by atoms with van der Waals surface area (Å²) in [6.45, 7) is 8.24. The van der Waals surface area contributed by atoms with E-state index in [0.29, 0.717) is 0 Å². The van der Waals surface area contributed by atoms with Crippen LogP contribution in [0.4, 0.5) is 0 Å². The smallest absolute Gasteiger partial charge is 0.176 e. The first-order chi connectivity index (χ1) is 12.2. The van der Waals surface area contributed by atoms with Gasteiger partial charge in [0.05, 0.1) is 13.7 Å². The Balaban J connectivity index is 1.34. The summed E-state index contributed by atoms with van der Waals surface area (Å²) < 4.78 is 11.5. The van der Waals surface area contributed by atoms with Crippen LogP contribution in [0.1, 0.15) is 38.4 Å². The number of para-hydroxylation sites is 1. The molecule has 1 aromatic carbocycles. The Morgan fingerprint density at radius 3 is 2.56 bits per heavy atom. The monoisotopic (exact) mass is 342 g/mol. The lowest BCUT2D eigenvalue weighted by atomic mass is 9.95. The molecule has 0 unspecified atom stereocenters. The van der Waals surface area contributed by atoms with Crippen molar-refractivity contribution in [2.24, 2.45) is 5.92 Å². The van der Waals surface area contributed by atoms with E-state index in [-0.39, 0.29) is 0 Å². The highest BCUT2D eigenvalue weighted by atomic mass is 16.5. The molecule has 136 valence electrons. The maximum atomic E-state index is 6.07. The number of fused-ring (bicyclic) bond motifs is 1. The van der Waals surface area contributed by atoms with E-state index < -0.39 is 0 Å². The SMILES string of the molecule is COc1cccc2cc(CN3CCC(N4CCC(C)CC4)CC3)oc12. The van der Waals surface area contributed by atoms with E-state index in [2.05, 4.69) is 28.9 Å². The zero-order chi connectivity index (χ0) is 17.2. The van der Waals surface area contributed by atoms with Gasteiger partial charge in [0.1, 0.15) is 5.76 Å². The number of ether oxygens (including phenoxy) is 1. The van der Waals surface area contributed by atoms with E-state index in [1.54, 1.807) is 7.11 Å². The normalized spacial score (nSPS) is 21.8. The van der Waals surface area contributed by atoms with Crippen LogP contribution in [0, 0.1) is 5.92 Å². The van der Waals surface area contributed by atoms with Gasteiger partial charge in [-0.15, -0.1) is 0 Å². The number of benzene rings is 1. The van der Waals surface area contributed by atoms with Crippen LogP contribution in [0.3, 0.4) is 0 Å². The van der Waals surface area contributed by atoms with Crippen LogP contribution in [-0.4, -0.2) is 49.1 Å². The van der Waals surface area contributed by atoms with Gasteiger partial charge in [-0.2, -0.15) is 0 Å². The van der Waals surface area contributed by atoms with Crippen molar-refractivity contribution in [3.8, 4) is 5.75 Å². The first-order valence-electron chi connectivity index (χ1n) is 9.75. The lowest BCUT2D eigenvalue weighted by Gasteiger charge is -2.41. The van der Waals surface area contributed by atoms with Gasteiger partial charge < -0.3 is 14.1 Å². The average Bonchev–Trinajstić information content (AvgIpc) is 3.05. The zero-order valence-electron chi connectivity index (χ0n) is 15.5. The van der Waals surface area contributed by atoms with Crippen LogP contribution in [0.5, 0.6) is 5.75 Å². The molecule has 1 aromatic heterocycles. The van der Waals surface area contributed by atoms with Crippen molar-refractivity contribution in [2.45, 2.75) is 45.2 Å². The lowest BCUT2D eigenvalue weighted by molar-refractivity contribution is 0.0757. The predicted octanol–water partition coefficient (Wildman–Crippen LogP) is 4.14. The largest absolute Gasteiger partial charge is 0.493 e. The lowest BCUT2D eigenvalue weighted by Crippen LogP contribution is -2.47. The van der Waals surface area contributed by atoms with Gasteiger partial charge in [0, 0.05) is 24.5 Å². The van der Waals surface area contributed by atoms with Crippen molar-refractivity contribution < 1.29 is 9.15 Å². The van der Waals surface area contributed by atoms with Gasteiger partial charge in [-0.1, -0.05) is 19.1 Å². The molecule has 2 aliphatic heterocycles. The second-order valence-corrected chi connectivity index (χ2v) is 7.82. The van der Waals surface area contributed by atoms with E-state index in [9.17, 15) is 0 Å². The quantitative estimate of drug-likeness (QED) is 0.835. The fraction of sp³-hybridized carbons (Fsp3) is 0.619. The summed E-state index contributed by atoms with van der Waals surface area (Å²) in [5, 5.41) is 1.13. The Kier molecular flexibility index (Phi) is 5.00. The average molecular weight is 342 g/mol. The summed E-state index contributed by atoms with van der Waals surface area (Å²) in [5.74, 6) is 2.79. The second-order valence-electron chi connectivity index (χ2n) is 7.82. The molecule has 0 atom stereocenters. The van der Waals surface area contributed by atoms with Crippen LogP contribution in [0.15, 0.2) is 28.7 Å². The zero-order valence-corrected chi connectivity index (χ0v) is 15.5. The van der Waals surface area contributed by atoms with Gasteiger partial charge in [-0.3, -0.25) is 4.90 Å². The van der Waals surface area contributed by atoms with Crippen molar-refractivity contribution in [1.82, 2.24) is 9.80 Å². The van der Waals surface area contributed by atoms with Gasteiger partial charge in [0.2, 0.25) is 0 Å². The molecule has 2 aromatic rings. The Labute approximate surface area is 150 Å². The Morgan fingerprint density at radius 2 is 1.84 bits per heavy atom. The highest BCUT2D eigenvalue weighted by Crippen LogP contribution is 2.30. The molecule has 0 saturated carbocycles. The van der Waals surface area contributed by atoms with E-state index in [0.717, 1.165) is 41.0 Å². The number of hydrogen-bond acceptors (Lipinski definition) is 4. The molecule has 0 radical (unpaired) electrons. The minimum absolute atomic E-state index is 0.791. The van der Waals surface area contributed by atoms with Gasteiger partial charge in [0.15, 0.2) is 11.3 Å². The standard InChI is InChI=1S/C21H30N2O2/c1-16-6-12-23(13-7-16)18-8-10-22(11-9-18)15-19-14-17-4-3-5-20(24-2)21(17)25-19/h3-5,14,16,18H,6-13,15H2,1-2H3. The molecule has 3 heterocycles. The highest BCUT2D eigenvalue weighted by molar-refractivity contribution is 5.83. The molecular formula is C21H30N2O2. The molecule has 0 spiro atoms. The van der Waals surface area contributed by atoms with E-state index in [1.807, 2.05) is 12.1 Å². The maximum absolute atomic E-state index is 6.07. The summed E-state index contributed by atoms with van der Waals surface area (Å²) in [6, 6.07) is 9.02. The van der Waals surface area contributed by atoms with Crippen molar-refractivity contribution in [2.75, 3.05) is 33.3 Å². The van der Waals surface area contributed by atoms with Crippen LogP contribution in [0.25, 0.3) is 11.0 Å². The Morgan fingerprint density at radius 1 is 1.08 bits per heavy atom. The summed E-state index contributed by atoms with van der Waals surface area (Å²) in [6.07, 6.45) is 5.33. The molecule has 0 aliphatic carbocycles. The maximum Gasteiger partial charge on any atom is 0.176 e. The molecule has 0 bridgehead atoms. The molecule has 25 heavy (non-hydrogen) atoms. The van der Waals surface area contributed by atoms with E-state index in [1.165, 1.54) is 51.9 Å². The molecule has 4 nitrogen and oxygen atoms in total. The molecular weight excluding hydrogens is 312 g/mol. The van der Waals surface area contributed by atoms with Gasteiger partial charge in [0.25, 0.3) is 0 Å². The van der Waals surface area contributed by atoms with Crippen LogP contribution in [0.2, 0.25) is 0 Å². The molecule has 0 amide bonds. The van der Waals surface area contributed by atoms with Crippen molar-refractivity contribution in [3.63, 3.8) is 0 Å². The van der Waals surface area contributed by atoms with Crippen molar-refractivity contribution in [1.29, 1.82) is 0 Å². The first kappa shape index (κ1) is 16.9. The topological polar surface area (TPSA) is 28.9 Å². The third kappa shape index (κ3) is 3.70. The predicted molar refractivity (Wildman–Crippen MR) is 101 cm³/mol. The molecule has 2 aliphatic rings. The summed E-state index contributed by atoms with van der Waals surface area (Å²) >= 11 is 0. The summed E-state index contributed by atoms with van der Waals surface area (Å²) in [4.78, 5) is 5.27. The third-order valence-corrected chi connectivity index (χ3v) is 6.05. The van der Waals surface area contributed by atoms with Gasteiger partial charge in [-0.05, 0) is 56.8 Å². The Hall–Kier alpha value is -1.52. The molecule has 4 rings (SSSR count). The number of hydrogen-bond donors (Lipinski definition) is 0. The number of methoxy groups -OCH3 is 1. The fourth-order valence-electron chi connectivity index (χ4n) is 4.39. The first-order valence-corrected chi connectivity index (χ1v) is 9.75. The molecule has 2 fully saturated rings. The molecule has 0 N–H and O–H groups in total. The van der Waals surface area contributed by atoms with E-state index >= 15 is 0 Å². The molecule has 2 saturated heterocycles. The number of nitrogens with zero attached hydrogens (tertiary/aromatic N) is 2. The van der Waals surface area contributed by atoms with Crippen LogP contribution >= 0.6 is 0 Å². The van der Waals surface area contributed by atoms with Crippen LogP contribution in [-0.2, 0) is 6.54 Å². The summed E-state index contributed by atoms with van der Waals surface area (Å²) in [5.41, 5.74) is 0.873. The highest BCUT2D eigenvalue weighted by Gasteiger charge is 2.27. The fourth-order valence-corrected chi connectivity index (χ4v) is 4.39. The van der Waals surface area contributed by atoms with Crippen molar-refractivity contribution in [3.05, 3.63) is 30.0 Å². The minimum Gasteiger partial charge on any atom is -0.493 e. The van der Waals surface area contributed by atoms with Gasteiger partial charge >= 0.3 is 0 Å². The number of rotatable bonds is 4. The summed E-state index contributed by atoms with van der Waals surface area (Å²) in [7, 11) is 1.70. The minimum atomic E-state index is 0.791. The number of piperidine rings is 2. The van der Waals surface area contributed by atoms with Gasteiger partial charge in [-0.25, -0.2) is 0 Å². The second kappa shape index (κ2) is 7.38. The third-order valence-electron chi connectivity index (χ3n) is 6.05.